The normalized spacial score (nSPS) is 10.2. The van der Waals surface area contributed by atoms with Crippen molar-refractivity contribution in [1.82, 2.24) is 4.98 Å². The fourth-order valence-corrected chi connectivity index (χ4v) is 1.47. The van der Waals surface area contributed by atoms with Crippen molar-refractivity contribution in [3.8, 4) is 11.8 Å². The van der Waals surface area contributed by atoms with E-state index < -0.39 is 0 Å². The molecule has 2 rings (SSSR count). The number of H-pyrrole nitrogens is 1. The molecular weight excluding hydrogens is 164 g/mol. The lowest BCUT2D eigenvalue weighted by atomic mass is 10.1. The molecule has 0 radical (unpaired) electrons. The number of nitriles is 1. The first kappa shape index (κ1) is 7.69. The van der Waals surface area contributed by atoms with Crippen LogP contribution in [0.15, 0.2) is 18.3 Å². The lowest BCUT2D eigenvalue weighted by molar-refractivity contribution is 0.481. The zero-order valence-corrected chi connectivity index (χ0v) is 7.13. The predicted molar refractivity (Wildman–Crippen MR) is 49.4 cm³/mol. The number of aromatic nitrogens is 1. The summed E-state index contributed by atoms with van der Waals surface area (Å²) in [5.41, 5.74) is 2.25. The van der Waals surface area contributed by atoms with Crippen molar-refractivity contribution in [3.05, 3.63) is 29.5 Å². The Morgan fingerprint density at radius 1 is 1.46 bits per heavy atom. The number of aryl methyl sites for hydroxylation is 1. The summed E-state index contributed by atoms with van der Waals surface area (Å²) < 4.78 is 0. The highest BCUT2D eigenvalue weighted by Gasteiger charge is 2.07. The van der Waals surface area contributed by atoms with E-state index in [1.165, 1.54) is 0 Å². The van der Waals surface area contributed by atoms with Crippen LogP contribution < -0.4 is 0 Å². The summed E-state index contributed by atoms with van der Waals surface area (Å²) in [6.07, 6.45) is 1.60. The minimum atomic E-state index is 0.160. The first-order valence-corrected chi connectivity index (χ1v) is 3.93. The Morgan fingerprint density at radius 2 is 2.23 bits per heavy atom. The van der Waals surface area contributed by atoms with Gasteiger partial charge >= 0.3 is 0 Å². The minimum Gasteiger partial charge on any atom is -0.507 e. The molecule has 3 nitrogen and oxygen atoms in total. The van der Waals surface area contributed by atoms with Gasteiger partial charge in [0.15, 0.2) is 0 Å². The number of hydrogen-bond donors (Lipinski definition) is 2. The van der Waals surface area contributed by atoms with Crippen LogP contribution in [0.2, 0.25) is 0 Å². The smallest absolute Gasteiger partial charge is 0.126 e. The molecule has 0 saturated carbocycles. The molecule has 1 aromatic carbocycles. The maximum atomic E-state index is 9.58. The summed E-state index contributed by atoms with van der Waals surface area (Å²) in [5.74, 6) is 0.160. The van der Waals surface area contributed by atoms with E-state index in [4.69, 9.17) is 5.26 Å². The maximum Gasteiger partial charge on any atom is 0.126 e. The van der Waals surface area contributed by atoms with Gasteiger partial charge in [0.05, 0.1) is 16.5 Å². The van der Waals surface area contributed by atoms with E-state index in [0.29, 0.717) is 10.9 Å². The van der Waals surface area contributed by atoms with Crippen molar-refractivity contribution in [2.45, 2.75) is 6.92 Å². The monoisotopic (exact) mass is 172 g/mol. The zero-order valence-electron chi connectivity index (χ0n) is 7.13. The summed E-state index contributed by atoms with van der Waals surface area (Å²) >= 11 is 0. The fraction of sp³-hybridized carbons (Fsp3) is 0.100. The number of aromatic amines is 1. The number of rotatable bonds is 0. The van der Waals surface area contributed by atoms with Gasteiger partial charge in [0, 0.05) is 6.20 Å². The first-order valence-electron chi connectivity index (χ1n) is 3.93. The third-order valence-electron chi connectivity index (χ3n) is 2.02. The SMILES string of the molecule is Cc1cc(O)c2c(C#N)c[nH]c2c1. The van der Waals surface area contributed by atoms with Crippen LogP contribution in [0.1, 0.15) is 11.1 Å². The first-order chi connectivity index (χ1) is 6.22. The summed E-state index contributed by atoms with van der Waals surface area (Å²) in [6, 6.07) is 5.57. The van der Waals surface area contributed by atoms with Crippen LogP contribution in [0.4, 0.5) is 0 Å². The molecule has 13 heavy (non-hydrogen) atoms. The summed E-state index contributed by atoms with van der Waals surface area (Å²) in [6.45, 7) is 1.89. The molecule has 0 fully saturated rings. The Morgan fingerprint density at radius 3 is 2.92 bits per heavy atom. The average molecular weight is 172 g/mol. The Hall–Kier alpha value is -1.95. The van der Waals surface area contributed by atoms with Crippen molar-refractivity contribution in [2.24, 2.45) is 0 Å². The van der Waals surface area contributed by atoms with Crippen molar-refractivity contribution >= 4 is 10.9 Å². The number of aromatic hydroxyl groups is 1. The molecule has 0 aliphatic rings. The molecule has 0 aliphatic heterocycles. The van der Waals surface area contributed by atoms with E-state index in [0.717, 1.165) is 11.1 Å². The van der Waals surface area contributed by atoms with E-state index in [1.807, 2.05) is 19.1 Å². The molecule has 64 valence electrons. The number of benzene rings is 1. The highest BCUT2D eigenvalue weighted by Crippen LogP contribution is 2.28. The topological polar surface area (TPSA) is 59.8 Å². The fourth-order valence-electron chi connectivity index (χ4n) is 1.47. The summed E-state index contributed by atoms with van der Waals surface area (Å²) in [5, 5.41) is 18.9. The predicted octanol–water partition coefficient (Wildman–Crippen LogP) is 2.05. The highest BCUT2D eigenvalue weighted by molar-refractivity contribution is 5.91. The molecule has 0 aliphatic carbocycles. The van der Waals surface area contributed by atoms with Gasteiger partial charge in [0.2, 0.25) is 0 Å². The van der Waals surface area contributed by atoms with Gasteiger partial charge in [-0.3, -0.25) is 0 Å². The second kappa shape index (κ2) is 2.53. The van der Waals surface area contributed by atoms with Gasteiger partial charge in [0.25, 0.3) is 0 Å². The summed E-state index contributed by atoms with van der Waals surface area (Å²) in [7, 11) is 0. The van der Waals surface area contributed by atoms with Crippen LogP contribution in [0.25, 0.3) is 10.9 Å². The zero-order chi connectivity index (χ0) is 9.42. The van der Waals surface area contributed by atoms with Gasteiger partial charge in [-0.25, -0.2) is 0 Å². The van der Waals surface area contributed by atoms with Gasteiger partial charge in [-0.15, -0.1) is 0 Å². The molecule has 2 N–H and O–H groups in total. The maximum absolute atomic E-state index is 9.58. The van der Waals surface area contributed by atoms with Crippen LogP contribution in [-0.4, -0.2) is 10.1 Å². The van der Waals surface area contributed by atoms with Crippen molar-refractivity contribution in [3.63, 3.8) is 0 Å². The second-order valence-electron chi connectivity index (χ2n) is 3.02. The van der Waals surface area contributed by atoms with Gasteiger partial charge in [-0.2, -0.15) is 5.26 Å². The summed E-state index contributed by atoms with van der Waals surface area (Å²) in [4.78, 5) is 2.94. The number of phenolic OH excluding ortho intramolecular Hbond substituents is 1. The second-order valence-corrected chi connectivity index (χ2v) is 3.02. The minimum absolute atomic E-state index is 0.160. The van der Waals surface area contributed by atoms with E-state index in [2.05, 4.69) is 4.98 Å². The number of hydrogen-bond acceptors (Lipinski definition) is 2. The van der Waals surface area contributed by atoms with Crippen molar-refractivity contribution in [1.29, 1.82) is 5.26 Å². The van der Waals surface area contributed by atoms with Gasteiger partial charge in [-0.1, -0.05) is 0 Å². The number of phenols is 1. The van der Waals surface area contributed by atoms with E-state index in [9.17, 15) is 5.11 Å². The Bertz CT molecular complexity index is 505. The van der Waals surface area contributed by atoms with E-state index in [1.54, 1.807) is 12.3 Å². The van der Waals surface area contributed by atoms with E-state index >= 15 is 0 Å². The van der Waals surface area contributed by atoms with Gasteiger partial charge in [0.1, 0.15) is 11.8 Å². The number of fused-ring (bicyclic) bond motifs is 1. The molecule has 0 unspecified atom stereocenters. The average Bonchev–Trinajstić information content (AvgIpc) is 2.47. The van der Waals surface area contributed by atoms with Crippen LogP contribution in [0.3, 0.4) is 0 Å². The number of nitrogens with one attached hydrogen (secondary N) is 1. The highest BCUT2D eigenvalue weighted by atomic mass is 16.3. The van der Waals surface area contributed by atoms with Crippen LogP contribution in [-0.2, 0) is 0 Å². The lowest BCUT2D eigenvalue weighted by Gasteiger charge is -1.97. The van der Waals surface area contributed by atoms with Crippen molar-refractivity contribution in [2.75, 3.05) is 0 Å². The molecule has 0 saturated heterocycles. The number of nitrogens with zero attached hydrogens (tertiary/aromatic N) is 1. The Labute approximate surface area is 75.2 Å². The molecule has 3 heteroatoms. The third kappa shape index (κ3) is 1.04. The van der Waals surface area contributed by atoms with Crippen LogP contribution in [0.5, 0.6) is 5.75 Å². The van der Waals surface area contributed by atoms with Gasteiger partial charge < -0.3 is 10.1 Å². The quantitative estimate of drug-likeness (QED) is 0.638. The van der Waals surface area contributed by atoms with E-state index in [-0.39, 0.29) is 5.75 Å². The van der Waals surface area contributed by atoms with Crippen LogP contribution >= 0.6 is 0 Å². The molecule has 1 heterocycles. The molecule has 1 aromatic heterocycles. The van der Waals surface area contributed by atoms with Gasteiger partial charge in [-0.05, 0) is 24.6 Å². The standard InChI is InChI=1S/C10H8N2O/c1-6-2-8-10(9(13)3-6)7(4-11)5-12-8/h2-3,5,12-13H,1H3. The Balaban J connectivity index is 2.92. The van der Waals surface area contributed by atoms with Crippen molar-refractivity contribution < 1.29 is 5.11 Å². The molecule has 0 amide bonds. The Kier molecular flexibility index (Phi) is 1.49. The lowest BCUT2D eigenvalue weighted by Crippen LogP contribution is -1.76. The molecule has 0 spiro atoms. The molecule has 0 bridgehead atoms. The van der Waals surface area contributed by atoms with Crippen LogP contribution in [0, 0.1) is 18.3 Å². The largest absolute Gasteiger partial charge is 0.507 e. The molecular formula is C10H8N2O. The third-order valence-corrected chi connectivity index (χ3v) is 2.02. The molecule has 2 aromatic rings. The molecule has 0 atom stereocenters.